The minimum atomic E-state index is -0.0496. The summed E-state index contributed by atoms with van der Waals surface area (Å²) in [4.78, 5) is 0. The summed E-state index contributed by atoms with van der Waals surface area (Å²) in [5.74, 6) is 0. The van der Waals surface area contributed by atoms with Crippen molar-refractivity contribution in [1.82, 2.24) is 5.32 Å². The molecular formula is C11H21NO3. The molecule has 2 saturated heterocycles. The third-order valence-corrected chi connectivity index (χ3v) is 3.37. The van der Waals surface area contributed by atoms with Gasteiger partial charge in [-0.1, -0.05) is 0 Å². The zero-order chi connectivity index (χ0) is 10.6. The topological polar surface area (TPSA) is 39.7 Å². The number of hydrogen-bond acceptors (Lipinski definition) is 4. The quantitative estimate of drug-likeness (QED) is 0.696. The highest BCUT2D eigenvalue weighted by molar-refractivity contribution is 4.98. The predicted octanol–water partition coefficient (Wildman–Crippen LogP) is 0.560. The average molecular weight is 215 g/mol. The van der Waals surface area contributed by atoms with Crippen molar-refractivity contribution in [1.29, 1.82) is 0 Å². The van der Waals surface area contributed by atoms with E-state index < -0.39 is 0 Å². The van der Waals surface area contributed by atoms with Crippen molar-refractivity contribution < 1.29 is 14.2 Å². The fraction of sp³-hybridized carbons (Fsp3) is 1.00. The number of rotatable bonds is 4. The molecule has 0 aliphatic carbocycles. The number of methoxy groups -OCH3 is 1. The van der Waals surface area contributed by atoms with E-state index in [4.69, 9.17) is 14.2 Å². The van der Waals surface area contributed by atoms with Gasteiger partial charge in [-0.3, -0.25) is 0 Å². The van der Waals surface area contributed by atoms with Crippen LogP contribution in [0.2, 0.25) is 0 Å². The Morgan fingerprint density at radius 2 is 2.40 bits per heavy atom. The van der Waals surface area contributed by atoms with Gasteiger partial charge in [0, 0.05) is 39.3 Å². The molecule has 4 heteroatoms. The highest BCUT2D eigenvalue weighted by atomic mass is 16.6. The first-order chi connectivity index (χ1) is 7.37. The molecule has 15 heavy (non-hydrogen) atoms. The zero-order valence-electron chi connectivity index (χ0n) is 9.46. The molecule has 2 rings (SSSR count). The van der Waals surface area contributed by atoms with Crippen LogP contribution in [-0.4, -0.2) is 51.7 Å². The lowest BCUT2D eigenvalue weighted by Gasteiger charge is -2.41. The summed E-state index contributed by atoms with van der Waals surface area (Å²) >= 11 is 0. The van der Waals surface area contributed by atoms with Crippen molar-refractivity contribution in [3.8, 4) is 0 Å². The molecule has 0 amide bonds. The second-order valence-corrected chi connectivity index (χ2v) is 4.36. The lowest BCUT2D eigenvalue weighted by molar-refractivity contribution is -0.0999. The fourth-order valence-electron chi connectivity index (χ4n) is 2.52. The molecule has 4 nitrogen and oxygen atoms in total. The molecular weight excluding hydrogens is 194 g/mol. The minimum absolute atomic E-state index is 0.0496. The Labute approximate surface area is 91.3 Å². The first kappa shape index (κ1) is 11.3. The summed E-state index contributed by atoms with van der Waals surface area (Å²) in [7, 11) is 1.75. The Morgan fingerprint density at radius 3 is 3.13 bits per heavy atom. The maximum absolute atomic E-state index is 5.94. The number of hydrogen-bond donors (Lipinski definition) is 1. The van der Waals surface area contributed by atoms with Gasteiger partial charge in [0.15, 0.2) is 0 Å². The number of ether oxygens (including phenoxy) is 3. The van der Waals surface area contributed by atoms with Crippen LogP contribution in [0, 0.1) is 0 Å². The Morgan fingerprint density at radius 1 is 1.47 bits per heavy atom. The van der Waals surface area contributed by atoms with Gasteiger partial charge in [-0.25, -0.2) is 0 Å². The summed E-state index contributed by atoms with van der Waals surface area (Å²) in [6.45, 7) is 4.18. The first-order valence-electron chi connectivity index (χ1n) is 5.81. The molecule has 1 spiro atoms. The highest BCUT2D eigenvalue weighted by Gasteiger charge is 2.44. The first-order valence-corrected chi connectivity index (χ1v) is 5.81. The van der Waals surface area contributed by atoms with E-state index in [-0.39, 0.29) is 5.60 Å². The van der Waals surface area contributed by atoms with E-state index in [1.54, 1.807) is 7.11 Å². The Kier molecular flexibility index (Phi) is 3.97. The molecule has 2 fully saturated rings. The standard InChI is InChI=1S/C11H21NO3/c1-13-6-2-3-10-11(4-7-14-9-11)15-8-5-12-10/h10,12H,2-9H2,1H3. The number of morpholine rings is 1. The predicted molar refractivity (Wildman–Crippen MR) is 57.0 cm³/mol. The molecule has 2 aliphatic rings. The molecule has 2 atom stereocenters. The van der Waals surface area contributed by atoms with Crippen LogP contribution in [0.4, 0.5) is 0 Å². The summed E-state index contributed by atoms with van der Waals surface area (Å²) < 4.78 is 16.5. The van der Waals surface area contributed by atoms with Gasteiger partial charge in [0.1, 0.15) is 5.60 Å². The van der Waals surface area contributed by atoms with Gasteiger partial charge in [-0.2, -0.15) is 0 Å². The second-order valence-electron chi connectivity index (χ2n) is 4.36. The van der Waals surface area contributed by atoms with Gasteiger partial charge in [0.25, 0.3) is 0 Å². The molecule has 1 N–H and O–H groups in total. The van der Waals surface area contributed by atoms with Crippen LogP contribution < -0.4 is 5.32 Å². The third-order valence-electron chi connectivity index (χ3n) is 3.37. The van der Waals surface area contributed by atoms with Crippen LogP contribution in [-0.2, 0) is 14.2 Å². The van der Waals surface area contributed by atoms with Crippen molar-refractivity contribution in [3.63, 3.8) is 0 Å². The van der Waals surface area contributed by atoms with E-state index in [0.29, 0.717) is 6.04 Å². The lowest BCUT2D eigenvalue weighted by Crippen LogP contribution is -2.58. The molecule has 2 unspecified atom stereocenters. The van der Waals surface area contributed by atoms with Crippen LogP contribution in [0.25, 0.3) is 0 Å². The molecule has 0 aromatic carbocycles. The summed E-state index contributed by atoms with van der Waals surface area (Å²) in [5.41, 5.74) is -0.0496. The third kappa shape index (κ3) is 2.50. The van der Waals surface area contributed by atoms with Crippen molar-refractivity contribution in [2.24, 2.45) is 0 Å². The van der Waals surface area contributed by atoms with E-state index in [0.717, 1.165) is 52.2 Å². The smallest absolute Gasteiger partial charge is 0.109 e. The Hall–Kier alpha value is -0.160. The van der Waals surface area contributed by atoms with E-state index in [2.05, 4.69) is 5.32 Å². The summed E-state index contributed by atoms with van der Waals surface area (Å²) in [5, 5.41) is 3.55. The van der Waals surface area contributed by atoms with E-state index in [1.165, 1.54) is 0 Å². The highest BCUT2D eigenvalue weighted by Crippen LogP contribution is 2.31. The van der Waals surface area contributed by atoms with Gasteiger partial charge in [-0.15, -0.1) is 0 Å². The fourth-order valence-corrected chi connectivity index (χ4v) is 2.52. The monoisotopic (exact) mass is 215 g/mol. The van der Waals surface area contributed by atoms with E-state index in [9.17, 15) is 0 Å². The maximum atomic E-state index is 5.94. The van der Waals surface area contributed by atoms with Crippen LogP contribution >= 0.6 is 0 Å². The molecule has 0 aromatic heterocycles. The minimum Gasteiger partial charge on any atom is -0.385 e. The SMILES string of the molecule is COCCCC1NCCOC12CCOC2. The largest absolute Gasteiger partial charge is 0.385 e. The summed E-state index contributed by atoms with van der Waals surface area (Å²) in [6.07, 6.45) is 3.22. The van der Waals surface area contributed by atoms with Gasteiger partial charge in [0.2, 0.25) is 0 Å². The van der Waals surface area contributed by atoms with Crippen molar-refractivity contribution in [2.45, 2.75) is 30.9 Å². The number of nitrogens with one attached hydrogen (secondary N) is 1. The van der Waals surface area contributed by atoms with Gasteiger partial charge in [0.05, 0.1) is 13.2 Å². The van der Waals surface area contributed by atoms with Crippen LogP contribution in [0.3, 0.4) is 0 Å². The Bertz CT molecular complexity index is 192. The molecule has 0 radical (unpaired) electrons. The van der Waals surface area contributed by atoms with Crippen LogP contribution in [0.1, 0.15) is 19.3 Å². The van der Waals surface area contributed by atoms with Gasteiger partial charge < -0.3 is 19.5 Å². The van der Waals surface area contributed by atoms with Crippen molar-refractivity contribution >= 4 is 0 Å². The molecule has 88 valence electrons. The molecule has 0 bridgehead atoms. The molecule has 0 saturated carbocycles. The lowest BCUT2D eigenvalue weighted by atomic mass is 9.88. The van der Waals surface area contributed by atoms with E-state index in [1.807, 2.05) is 0 Å². The molecule has 2 aliphatic heterocycles. The molecule has 2 heterocycles. The van der Waals surface area contributed by atoms with Crippen LogP contribution in [0.5, 0.6) is 0 Å². The van der Waals surface area contributed by atoms with Crippen molar-refractivity contribution in [3.05, 3.63) is 0 Å². The van der Waals surface area contributed by atoms with Crippen LogP contribution in [0.15, 0.2) is 0 Å². The van der Waals surface area contributed by atoms with E-state index >= 15 is 0 Å². The van der Waals surface area contributed by atoms with Gasteiger partial charge in [-0.05, 0) is 12.8 Å². The second kappa shape index (κ2) is 5.25. The summed E-state index contributed by atoms with van der Waals surface area (Å²) in [6, 6.07) is 0.434. The normalized spacial score (nSPS) is 36.2. The maximum Gasteiger partial charge on any atom is 0.109 e. The average Bonchev–Trinajstić information content (AvgIpc) is 2.71. The van der Waals surface area contributed by atoms with Gasteiger partial charge >= 0.3 is 0 Å². The molecule has 0 aromatic rings. The van der Waals surface area contributed by atoms with Crippen molar-refractivity contribution in [2.75, 3.05) is 40.1 Å². The Balaban J connectivity index is 1.88. The zero-order valence-corrected chi connectivity index (χ0v) is 9.46.